The second-order valence-electron chi connectivity index (χ2n) is 10.5. The van der Waals surface area contributed by atoms with Crippen LogP contribution in [0.2, 0.25) is 0 Å². The number of ether oxygens (including phenoxy) is 1. The molecule has 0 spiro atoms. The zero-order valence-corrected chi connectivity index (χ0v) is 22.7. The van der Waals surface area contributed by atoms with E-state index >= 15 is 0 Å². The second kappa shape index (κ2) is 11.0. The van der Waals surface area contributed by atoms with Gasteiger partial charge in [-0.25, -0.2) is 0 Å². The molecule has 1 aliphatic rings. The molecule has 0 bridgehead atoms. The highest BCUT2D eigenvalue weighted by Gasteiger charge is 2.34. The monoisotopic (exact) mass is 531 g/mol. The molecular weight excluding hydrogens is 495 g/mol. The van der Waals surface area contributed by atoms with Crippen molar-refractivity contribution in [2.45, 2.75) is 65.6 Å². The SMILES string of the molecule is COc1c(C)c(C)[nH]c(=O)c1CCC(=O)c1c(C)n([C@H](C)C2CCN(CC(F)(F)F)CC2)c2ccccc12. The van der Waals surface area contributed by atoms with Crippen LogP contribution in [0.1, 0.15) is 65.1 Å². The summed E-state index contributed by atoms with van der Waals surface area (Å²) in [6.07, 6.45) is -2.44. The summed E-state index contributed by atoms with van der Waals surface area (Å²) in [5.74, 6) is 0.670. The van der Waals surface area contributed by atoms with Crippen LogP contribution in [0.4, 0.5) is 13.2 Å². The van der Waals surface area contributed by atoms with E-state index in [9.17, 15) is 22.8 Å². The third-order valence-corrected chi connectivity index (χ3v) is 8.12. The first-order chi connectivity index (χ1) is 17.9. The highest BCUT2D eigenvalue weighted by Crippen LogP contribution is 2.37. The van der Waals surface area contributed by atoms with E-state index in [1.165, 1.54) is 12.0 Å². The van der Waals surface area contributed by atoms with Crippen LogP contribution in [0.3, 0.4) is 0 Å². The number of para-hydroxylation sites is 1. The molecule has 0 radical (unpaired) electrons. The number of pyridine rings is 1. The molecule has 206 valence electrons. The van der Waals surface area contributed by atoms with Gasteiger partial charge in [0.05, 0.1) is 19.2 Å². The number of alkyl halides is 3. The summed E-state index contributed by atoms with van der Waals surface area (Å²) < 4.78 is 46.2. The van der Waals surface area contributed by atoms with Gasteiger partial charge in [-0.2, -0.15) is 13.2 Å². The fourth-order valence-corrected chi connectivity index (χ4v) is 6.03. The number of rotatable bonds is 8. The van der Waals surface area contributed by atoms with Crippen molar-refractivity contribution in [3.8, 4) is 5.75 Å². The van der Waals surface area contributed by atoms with E-state index in [0.29, 0.717) is 42.8 Å². The van der Waals surface area contributed by atoms with Crippen LogP contribution < -0.4 is 10.3 Å². The minimum Gasteiger partial charge on any atom is -0.496 e. The second-order valence-corrected chi connectivity index (χ2v) is 10.5. The van der Waals surface area contributed by atoms with Crippen molar-refractivity contribution in [3.05, 3.63) is 62.7 Å². The zero-order valence-electron chi connectivity index (χ0n) is 22.7. The number of aryl methyl sites for hydroxylation is 1. The summed E-state index contributed by atoms with van der Waals surface area (Å²) in [7, 11) is 1.53. The Kier molecular flexibility index (Phi) is 8.06. The quantitative estimate of drug-likeness (QED) is 0.367. The molecule has 1 fully saturated rings. The summed E-state index contributed by atoms with van der Waals surface area (Å²) in [5.41, 5.74) is 4.23. The molecule has 3 heterocycles. The number of benzene rings is 1. The number of aromatic nitrogens is 2. The number of ketones is 1. The Balaban J connectivity index is 1.59. The predicted molar refractivity (Wildman–Crippen MR) is 142 cm³/mol. The minimum atomic E-state index is -4.19. The smallest absolute Gasteiger partial charge is 0.401 e. The van der Waals surface area contributed by atoms with E-state index in [-0.39, 0.29) is 36.1 Å². The molecule has 0 amide bonds. The van der Waals surface area contributed by atoms with Crippen LogP contribution in [0.5, 0.6) is 5.75 Å². The Morgan fingerprint density at radius 3 is 2.45 bits per heavy atom. The van der Waals surface area contributed by atoms with Crippen LogP contribution >= 0.6 is 0 Å². The zero-order chi connectivity index (χ0) is 27.8. The number of hydrogen-bond acceptors (Lipinski definition) is 4. The molecule has 1 saturated heterocycles. The maximum absolute atomic E-state index is 13.6. The lowest BCUT2D eigenvalue weighted by molar-refractivity contribution is -0.149. The first-order valence-corrected chi connectivity index (χ1v) is 13.1. The summed E-state index contributed by atoms with van der Waals surface area (Å²) in [5, 5.41) is 0.859. The maximum atomic E-state index is 13.6. The van der Waals surface area contributed by atoms with Crippen molar-refractivity contribution in [2.75, 3.05) is 26.7 Å². The number of carbonyl (C=O) groups is 1. The van der Waals surface area contributed by atoms with E-state index < -0.39 is 12.7 Å². The van der Waals surface area contributed by atoms with Gasteiger partial charge in [0.25, 0.3) is 5.56 Å². The molecule has 0 aliphatic carbocycles. The van der Waals surface area contributed by atoms with Gasteiger partial charge in [0.15, 0.2) is 5.78 Å². The highest BCUT2D eigenvalue weighted by atomic mass is 19.4. The number of carbonyl (C=O) groups excluding carboxylic acids is 1. The first-order valence-electron chi connectivity index (χ1n) is 13.1. The molecular formula is C29H36F3N3O3. The predicted octanol–water partition coefficient (Wildman–Crippen LogP) is 5.91. The van der Waals surface area contributed by atoms with Gasteiger partial charge in [-0.05, 0) is 72.0 Å². The highest BCUT2D eigenvalue weighted by molar-refractivity contribution is 6.09. The first kappa shape index (κ1) is 28.0. The van der Waals surface area contributed by atoms with E-state index in [2.05, 4.69) is 16.5 Å². The Morgan fingerprint density at radius 1 is 1.16 bits per heavy atom. The van der Waals surface area contributed by atoms with E-state index in [1.54, 1.807) is 0 Å². The van der Waals surface area contributed by atoms with Gasteiger partial charge < -0.3 is 14.3 Å². The molecule has 3 aromatic rings. The van der Waals surface area contributed by atoms with E-state index in [1.807, 2.05) is 45.0 Å². The lowest BCUT2D eigenvalue weighted by Gasteiger charge is -2.36. The standard InChI is InChI=1S/C29H36F3N3O3/c1-17-18(2)33-28(37)23(27(17)38-5)10-11-25(36)26-20(4)35(24-9-7-6-8-22(24)26)19(3)21-12-14-34(15-13-21)16-29(30,31)32/h6-9,19,21H,10-16H2,1-5H3,(H,33,37)/t19-/m1/s1. The van der Waals surface area contributed by atoms with Crippen LogP contribution in [0, 0.1) is 26.7 Å². The summed E-state index contributed by atoms with van der Waals surface area (Å²) in [6.45, 7) is 7.67. The number of nitrogens with zero attached hydrogens (tertiary/aromatic N) is 2. The van der Waals surface area contributed by atoms with Crippen LogP contribution in [0.25, 0.3) is 10.9 Å². The number of methoxy groups -OCH3 is 1. The van der Waals surface area contributed by atoms with Gasteiger partial charge in [0.2, 0.25) is 0 Å². The summed E-state index contributed by atoms with van der Waals surface area (Å²) in [6, 6.07) is 7.79. The van der Waals surface area contributed by atoms with Crippen molar-refractivity contribution in [3.63, 3.8) is 0 Å². The Hall–Kier alpha value is -3.07. The number of halogens is 3. The molecule has 0 unspecified atom stereocenters. The topological polar surface area (TPSA) is 67.3 Å². The van der Waals surface area contributed by atoms with Gasteiger partial charge in [0.1, 0.15) is 5.75 Å². The van der Waals surface area contributed by atoms with Crippen molar-refractivity contribution >= 4 is 16.7 Å². The normalized spacial score (nSPS) is 16.2. The van der Waals surface area contributed by atoms with Crippen molar-refractivity contribution in [1.82, 2.24) is 14.5 Å². The van der Waals surface area contributed by atoms with E-state index in [4.69, 9.17) is 4.74 Å². The largest absolute Gasteiger partial charge is 0.496 e. The number of hydrogen-bond donors (Lipinski definition) is 1. The Morgan fingerprint density at radius 2 is 1.82 bits per heavy atom. The molecule has 1 aliphatic heterocycles. The Bertz CT molecular complexity index is 1380. The Labute approximate surface area is 220 Å². The van der Waals surface area contributed by atoms with Crippen LogP contribution in [0.15, 0.2) is 29.1 Å². The molecule has 6 nitrogen and oxygen atoms in total. The number of likely N-dealkylation sites (tertiary alicyclic amines) is 1. The maximum Gasteiger partial charge on any atom is 0.401 e. The fraction of sp³-hybridized carbons (Fsp3) is 0.517. The molecule has 38 heavy (non-hydrogen) atoms. The van der Waals surface area contributed by atoms with Crippen LogP contribution in [-0.2, 0) is 6.42 Å². The fourth-order valence-electron chi connectivity index (χ4n) is 6.03. The van der Waals surface area contributed by atoms with Gasteiger partial charge in [0, 0.05) is 45.9 Å². The molecule has 1 atom stereocenters. The summed E-state index contributed by atoms with van der Waals surface area (Å²) in [4.78, 5) is 30.6. The number of nitrogens with one attached hydrogen (secondary N) is 1. The lowest BCUT2D eigenvalue weighted by atomic mass is 9.90. The average molecular weight is 532 g/mol. The molecule has 2 aromatic heterocycles. The van der Waals surface area contributed by atoms with Gasteiger partial charge in [-0.15, -0.1) is 0 Å². The number of aromatic amines is 1. The summed E-state index contributed by atoms with van der Waals surface area (Å²) >= 11 is 0. The third-order valence-electron chi connectivity index (χ3n) is 8.12. The third kappa shape index (κ3) is 5.53. The van der Waals surface area contributed by atoms with E-state index in [0.717, 1.165) is 27.9 Å². The van der Waals surface area contributed by atoms with Gasteiger partial charge >= 0.3 is 6.18 Å². The van der Waals surface area contributed by atoms with Gasteiger partial charge in [-0.1, -0.05) is 18.2 Å². The molecule has 9 heteroatoms. The minimum absolute atomic E-state index is 0.0252. The number of piperidine rings is 1. The lowest BCUT2D eigenvalue weighted by Crippen LogP contribution is -2.41. The molecule has 1 aromatic carbocycles. The van der Waals surface area contributed by atoms with Gasteiger partial charge in [-0.3, -0.25) is 14.5 Å². The number of fused-ring (bicyclic) bond motifs is 1. The van der Waals surface area contributed by atoms with Crippen LogP contribution in [-0.4, -0.2) is 53.2 Å². The molecule has 0 saturated carbocycles. The van der Waals surface area contributed by atoms with Crippen molar-refractivity contribution in [1.29, 1.82) is 0 Å². The number of Topliss-reactive ketones (excluding diaryl/α,β-unsaturated/α-hetero) is 1. The van der Waals surface area contributed by atoms with Crippen molar-refractivity contribution < 1.29 is 22.7 Å². The van der Waals surface area contributed by atoms with Crippen molar-refractivity contribution in [2.24, 2.45) is 5.92 Å². The number of H-pyrrole nitrogens is 1. The average Bonchev–Trinajstić information content (AvgIpc) is 3.16. The molecule has 1 N–H and O–H groups in total. The molecule has 4 rings (SSSR count).